The van der Waals surface area contributed by atoms with Crippen LogP contribution in [0.2, 0.25) is 0 Å². The van der Waals surface area contributed by atoms with Gasteiger partial charge < -0.3 is 16.0 Å². The van der Waals surface area contributed by atoms with Gasteiger partial charge >= 0.3 is 0 Å². The summed E-state index contributed by atoms with van der Waals surface area (Å²) in [6, 6.07) is 1.91. The van der Waals surface area contributed by atoms with Gasteiger partial charge in [-0.05, 0) is 38.4 Å². The number of rotatable bonds is 3. The van der Waals surface area contributed by atoms with Gasteiger partial charge in [-0.3, -0.25) is 0 Å². The van der Waals surface area contributed by atoms with Crippen LogP contribution in [0.4, 0.5) is 11.5 Å². The van der Waals surface area contributed by atoms with Crippen LogP contribution >= 0.6 is 0 Å². The first kappa shape index (κ1) is 11.2. The Morgan fingerprint density at radius 2 is 2.44 bits per heavy atom. The molecule has 0 aliphatic carbocycles. The maximum absolute atomic E-state index is 5.84. The molecule has 1 unspecified atom stereocenters. The molecule has 1 aliphatic rings. The first-order chi connectivity index (χ1) is 7.65. The minimum atomic E-state index is 0.731. The number of nitrogens with one attached hydrogen (secondary N) is 1. The number of hydrogen-bond donors (Lipinski definition) is 2. The van der Waals surface area contributed by atoms with E-state index in [9.17, 15) is 0 Å². The second-order valence-electron chi connectivity index (χ2n) is 4.72. The fourth-order valence-corrected chi connectivity index (χ4v) is 2.08. The van der Waals surface area contributed by atoms with Crippen molar-refractivity contribution in [3.05, 3.63) is 17.8 Å². The summed E-state index contributed by atoms with van der Waals surface area (Å²) in [5, 5.41) is 3.36. The van der Waals surface area contributed by atoms with Gasteiger partial charge in [0, 0.05) is 31.0 Å². The van der Waals surface area contributed by atoms with Gasteiger partial charge in [-0.2, -0.15) is 0 Å². The highest BCUT2D eigenvalue weighted by molar-refractivity contribution is 5.53. The highest BCUT2D eigenvalue weighted by Crippen LogP contribution is 2.17. The van der Waals surface area contributed by atoms with Crippen molar-refractivity contribution in [2.45, 2.75) is 13.3 Å². The molecule has 16 heavy (non-hydrogen) atoms. The highest BCUT2D eigenvalue weighted by Gasteiger charge is 2.18. The van der Waals surface area contributed by atoms with Crippen molar-refractivity contribution in [2.75, 3.05) is 37.7 Å². The molecule has 4 nitrogen and oxygen atoms in total. The highest BCUT2D eigenvalue weighted by atomic mass is 15.1. The summed E-state index contributed by atoms with van der Waals surface area (Å²) in [4.78, 5) is 6.68. The summed E-state index contributed by atoms with van der Waals surface area (Å²) >= 11 is 0. The smallest absolute Gasteiger partial charge is 0.127 e. The first-order valence-corrected chi connectivity index (χ1v) is 5.79. The molecule has 2 rings (SSSR count). The molecule has 2 heterocycles. The van der Waals surface area contributed by atoms with Crippen LogP contribution in [0.15, 0.2) is 12.3 Å². The lowest BCUT2D eigenvalue weighted by atomic mass is 10.1. The predicted octanol–water partition coefficient (Wildman–Crippen LogP) is 1.34. The van der Waals surface area contributed by atoms with Crippen molar-refractivity contribution < 1.29 is 0 Å². The molecule has 88 valence electrons. The van der Waals surface area contributed by atoms with E-state index in [0.29, 0.717) is 0 Å². The summed E-state index contributed by atoms with van der Waals surface area (Å²) in [7, 11) is 2.17. The molecule has 3 N–H and O–H groups in total. The van der Waals surface area contributed by atoms with E-state index >= 15 is 0 Å². The molecule has 1 aromatic heterocycles. The van der Waals surface area contributed by atoms with E-state index in [0.717, 1.165) is 29.5 Å². The molecule has 0 radical (unpaired) electrons. The van der Waals surface area contributed by atoms with Gasteiger partial charge in [-0.25, -0.2) is 4.98 Å². The summed E-state index contributed by atoms with van der Waals surface area (Å²) in [5.41, 5.74) is 7.68. The fraction of sp³-hybridized carbons (Fsp3) is 0.583. The maximum atomic E-state index is 5.84. The topological polar surface area (TPSA) is 54.2 Å². The normalized spacial score (nSPS) is 21.2. The number of likely N-dealkylation sites (tertiary alicyclic amines) is 1. The molecule has 0 bridgehead atoms. The monoisotopic (exact) mass is 220 g/mol. The number of hydrogen-bond acceptors (Lipinski definition) is 4. The van der Waals surface area contributed by atoms with E-state index in [4.69, 9.17) is 5.73 Å². The number of nitrogens with two attached hydrogens (primary N) is 1. The third-order valence-corrected chi connectivity index (χ3v) is 3.21. The number of nitrogen functional groups attached to an aromatic ring is 1. The molecular weight excluding hydrogens is 200 g/mol. The number of pyridine rings is 1. The van der Waals surface area contributed by atoms with E-state index in [-0.39, 0.29) is 0 Å². The van der Waals surface area contributed by atoms with E-state index in [1.54, 1.807) is 0 Å². The molecule has 0 spiro atoms. The van der Waals surface area contributed by atoms with Crippen molar-refractivity contribution in [1.29, 1.82) is 0 Å². The van der Waals surface area contributed by atoms with E-state index in [1.807, 2.05) is 19.2 Å². The van der Waals surface area contributed by atoms with E-state index in [1.165, 1.54) is 19.5 Å². The van der Waals surface area contributed by atoms with E-state index in [2.05, 4.69) is 22.2 Å². The SMILES string of the molecule is Cc1cnc(NCC2CCN(C)C2)cc1N. The molecule has 1 aromatic rings. The van der Waals surface area contributed by atoms with Crippen LogP contribution in [0.25, 0.3) is 0 Å². The molecule has 1 aliphatic heterocycles. The van der Waals surface area contributed by atoms with Crippen molar-refractivity contribution in [3.8, 4) is 0 Å². The zero-order valence-corrected chi connectivity index (χ0v) is 10.0. The second kappa shape index (κ2) is 4.70. The quantitative estimate of drug-likeness (QED) is 0.807. The number of nitrogens with zero attached hydrogens (tertiary/aromatic N) is 2. The van der Waals surface area contributed by atoms with Gasteiger partial charge in [0.1, 0.15) is 5.82 Å². The van der Waals surface area contributed by atoms with Crippen LogP contribution in [0, 0.1) is 12.8 Å². The Bertz CT molecular complexity index is 364. The lowest BCUT2D eigenvalue weighted by Gasteiger charge is -2.12. The summed E-state index contributed by atoms with van der Waals surface area (Å²) in [6.07, 6.45) is 3.09. The Morgan fingerprint density at radius 1 is 1.62 bits per heavy atom. The van der Waals surface area contributed by atoms with Gasteiger partial charge in [0.15, 0.2) is 0 Å². The average molecular weight is 220 g/mol. The lowest BCUT2D eigenvalue weighted by Crippen LogP contribution is -2.19. The molecule has 0 amide bonds. The molecular formula is C12H20N4. The average Bonchev–Trinajstić information content (AvgIpc) is 2.66. The molecule has 1 atom stereocenters. The summed E-state index contributed by atoms with van der Waals surface area (Å²) in [5.74, 6) is 1.62. The standard InChI is InChI=1S/C12H20N4/c1-9-6-14-12(5-11(9)13)15-7-10-3-4-16(2)8-10/h5-6,10H,3-4,7-8H2,1-2H3,(H3,13,14,15). The van der Waals surface area contributed by atoms with Crippen LogP contribution in [0.3, 0.4) is 0 Å². The van der Waals surface area contributed by atoms with Crippen molar-refractivity contribution in [3.63, 3.8) is 0 Å². The number of aromatic nitrogens is 1. The van der Waals surface area contributed by atoms with Crippen molar-refractivity contribution in [1.82, 2.24) is 9.88 Å². The first-order valence-electron chi connectivity index (χ1n) is 5.79. The van der Waals surface area contributed by atoms with Crippen LogP contribution in [-0.2, 0) is 0 Å². The van der Waals surface area contributed by atoms with E-state index < -0.39 is 0 Å². The van der Waals surface area contributed by atoms with Crippen molar-refractivity contribution in [2.24, 2.45) is 5.92 Å². The minimum Gasteiger partial charge on any atom is -0.398 e. The molecule has 4 heteroatoms. The lowest BCUT2D eigenvalue weighted by molar-refractivity contribution is 0.399. The van der Waals surface area contributed by atoms with Gasteiger partial charge in [-0.15, -0.1) is 0 Å². The number of anilines is 2. The van der Waals surface area contributed by atoms with Crippen molar-refractivity contribution >= 4 is 11.5 Å². The van der Waals surface area contributed by atoms with Gasteiger partial charge in [0.2, 0.25) is 0 Å². The molecule has 1 saturated heterocycles. The maximum Gasteiger partial charge on any atom is 0.127 e. The third-order valence-electron chi connectivity index (χ3n) is 3.21. The molecule has 0 saturated carbocycles. The van der Waals surface area contributed by atoms with Crippen LogP contribution in [0.5, 0.6) is 0 Å². The zero-order valence-electron chi connectivity index (χ0n) is 10.0. The second-order valence-corrected chi connectivity index (χ2v) is 4.72. The van der Waals surface area contributed by atoms with Crippen LogP contribution in [-0.4, -0.2) is 36.6 Å². The third kappa shape index (κ3) is 2.64. The largest absolute Gasteiger partial charge is 0.398 e. The zero-order chi connectivity index (χ0) is 11.5. The van der Waals surface area contributed by atoms with Gasteiger partial charge in [0.05, 0.1) is 0 Å². The van der Waals surface area contributed by atoms with Crippen LogP contribution in [0.1, 0.15) is 12.0 Å². The number of aryl methyl sites for hydroxylation is 1. The Morgan fingerprint density at radius 3 is 3.06 bits per heavy atom. The molecule has 1 fully saturated rings. The Kier molecular flexibility index (Phi) is 3.29. The minimum absolute atomic E-state index is 0.731. The van der Waals surface area contributed by atoms with Gasteiger partial charge in [-0.1, -0.05) is 0 Å². The Balaban J connectivity index is 1.87. The molecule has 0 aromatic carbocycles. The van der Waals surface area contributed by atoms with Gasteiger partial charge in [0.25, 0.3) is 0 Å². The predicted molar refractivity (Wildman–Crippen MR) is 67.5 cm³/mol. The van der Waals surface area contributed by atoms with Crippen LogP contribution < -0.4 is 11.1 Å². The Hall–Kier alpha value is -1.29. The summed E-state index contributed by atoms with van der Waals surface area (Å²) in [6.45, 7) is 5.34. The fourth-order valence-electron chi connectivity index (χ4n) is 2.08. The summed E-state index contributed by atoms with van der Waals surface area (Å²) < 4.78 is 0. The Labute approximate surface area is 96.8 Å².